The summed E-state index contributed by atoms with van der Waals surface area (Å²) in [7, 11) is 3.76. The Morgan fingerprint density at radius 1 is 0.294 bits per heavy atom. The van der Waals surface area contributed by atoms with Crippen LogP contribution in [0.5, 0.6) is 23.0 Å². The maximum absolute atomic E-state index is 15.2. The van der Waals surface area contributed by atoms with Crippen molar-refractivity contribution in [1.82, 2.24) is 40.8 Å². The fraction of sp³-hybridized carbons (Fsp3) is 0.214. The Morgan fingerprint density at radius 2 is 0.551 bits per heavy atom. The minimum Gasteiger partial charge on any atom is -0.489 e. The molecule has 0 saturated carbocycles. The maximum atomic E-state index is 15.2. The van der Waals surface area contributed by atoms with E-state index in [0.29, 0.717) is 114 Å². The van der Waals surface area contributed by atoms with Gasteiger partial charge in [-0.25, -0.2) is 14.5 Å². The minimum atomic E-state index is -0.919. The van der Waals surface area contributed by atoms with E-state index in [9.17, 15) is 0 Å². The van der Waals surface area contributed by atoms with Gasteiger partial charge in [-0.15, -0.1) is 40.8 Å². The number of aromatic nitrogens is 8. The monoisotopic (exact) mass is 1810 g/mol. The van der Waals surface area contributed by atoms with Crippen LogP contribution in [0.1, 0.15) is 180 Å². The van der Waals surface area contributed by atoms with Gasteiger partial charge in [-0.2, -0.15) is 0 Å². The number of nitrogens with zero attached hydrogens (tertiary/aromatic N) is 10. The van der Waals surface area contributed by atoms with Crippen molar-refractivity contribution in [1.29, 1.82) is 0 Å². The van der Waals surface area contributed by atoms with Crippen molar-refractivity contribution < 1.29 is 65.3 Å². The molecule has 0 saturated heterocycles. The van der Waals surface area contributed by atoms with Crippen molar-refractivity contribution in [2.75, 3.05) is 23.9 Å². The summed E-state index contributed by atoms with van der Waals surface area (Å²) in [6, 6.07) is 85.8. The Bertz CT molecular complexity index is 6570. The van der Waals surface area contributed by atoms with Crippen LogP contribution in [0.4, 0.5) is 11.4 Å². The van der Waals surface area contributed by atoms with Crippen LogP contribution < -0.4 is 28.7 Å². The summed E-state index contributed by atoms with van der Waals surface area (Å²) in [5.74, 6) is 1.30. The lowest BCUT2D eigenvalue weighted by molar-refractivity contribution is 0.0468. The first-order valence-corrected chi connectivity index (χ1v) is 44.8. The predicted octanol–water partition coefficient (Wildman–Crippen LogP) is 24.8. The molecule has 13 aromatic carbocycles. The van der Waals surface area contributed by atoms with E-state index in [1.807, 2.05) is 177 Å². The van der Waals surface area contributed by atoms with Crippen LogP contribution in [0.2, 0.25) is 0 Å². The number of hydrogen-bond donors (Lipinski definition) is 0. The molecule has 18 rings (SSSR count). The summed E-state index contributed by atoms with van der Waals surface area (Å²) in [6.45, 7) is 25.7. The van der Waals surface area contributed by atoms with Gasteiger partial charge >= 0.3 is 11.9 Å². The van der Waals surface area contributed by atoms with Gasteiger partial charge in [-0.05, 0) is 235 Å². The van der Waals surface area contributed by atoms with Crippen molar-refractivity contribution >= 4 is 45.9 Å². The lowest BCUT2D eigenvalue weighted by Crippen LogP contribution is -2.40. The van der Waals surface area contributed by atoms with E-state index in [1.165, 1.54) is 40.5 Å². The van der Waals surface area contributed by atoms with E-state index in [4.69, 9.17) is 46.1 Å². The molecule has 17 aromatic rings. The molecule has 0 spiro atoms. The van der Waals surface area contributed by atoms with Crippen LogP contribution >= 0.6 is 0 Å². The van der Waals surface area contributed by atoms with Crippen molar-refractivity contribution in [3.63, 3.8) is 0 Å². The van der Waals surface area contributed by atoms with Crippen LogP contribution in [0, 0.1) is 0 Å². The molecule has 5 heterocycles. The van der Waals surface area contributed by atoms with Gasteiger partial charge in [0, 0.05) is 98.3 Å². The van der Waals surface area contributed by atoms with Gasteiger partial charge in [0.2, 0.25) is 47.1 Å². The fourth-order valence-electron chi connectivity index (χ4n) is 15.8. The van der Waals surface area contributed by atoms with Gasteiger partial charge in [-0.1, -0.05) is 192 Å². The molecular weight excluding hydrogens is 1710 g/mol. The molecule has 24 nitrogen and oxygen atoms in total. The average Bonchev–Trinajstić information content (AvgIpc) is 0.976. The molecule has 136 heavy (non-hydrogen) atoms. The van der Waals surface area contributed by atoms with Crippen LogP contribution in [-0.2, 0) is 70.8 Å². The highest BCUT2D eigenvalue weighted by atomic mass is 16.5. The summed E-state index contributed by atoms with van der Waals surface area (Å²) in [6.07, 6.45) is 0. The van der Waals surface area contributed by atoms with Crippen LogP contribution in [-0.4, -0.2) is 78.6 Å². The van der Waals surface area contributed by atoms with Crippen molar-refractivity contribution in [3.8, 4) is 115 Å². The molecule has 1 aliphatic heterocycles. The molecular formula is C112H100N10O14. The van der Waals surface area contributed by atoms with Crippen LogP contribution in [0.3, 0.4) is 0 Å². The van der Waals surface area contributed by atoms with E-state index in [-0.39, 0.29) is 89.2 Å². The summed E-state index contributed by atoms with van der Waals surface area (Å²) < 4.78 is 63.3. The van der Waals surface area contributed by atoms with Gasteiger partial charge in [-0.3, -0.25) is 9.59 Å². The average molecular weight is 1810 g/mol. The Hall–Kier alpha value is -16.2. The lowest BCUT2D eigenvalue weighted by Gasteiger charge is -2.29. The topological polar surface area (TPSA) is 286 Å². The highest BCUT2D eigenvalue weighted by Crippen LogP contribution is 2.41. The number of carbonyl (C=O) groups is 4. The number of benzene rings is 13. The van der Waals surface area contributed by atoms with E-state index in [1.54, 1.807) is 54.6 Å². The molecule has 0 unspecified atom stereocenters. The van der Waals surface area contributed by atoms with Gasteiger partial charge in [0.1, 0.15) is 62.6 Å². The molecule has 682 valence electrons. The van der Waals surface area contributed by atoms with Gasteiger partial charge in [0.05, 0.1) is 16.8 Å². The summed E-state index contributed by atoms with van der Waals surface area (Å²) >= 11 is 0. The van der Waals surface area contributed by atoms with Crippen LogP contribution in [0.25, 0.3) is 102 Å². The molecule has 0 fully saturated rings. The number of hydrogen-bond acceptors (Lipinski definition) is 23. The SMILES string of the molecule is CN(C)c1ccc2c3c(cccc13)C(=O)N(c1cc(C(=O)OCc3cc(OCc4ccc(-c5nnc(-c6ccc(C(C)(C)C)cc6)o5)cc4)cc(OCc4ccc(-c5nnc(-c6ccc(C(C)(C)C)cc6)o5)cc4)c3)cc(C(=O)OCc3cc(OCc4ccc(-c5nnc(-c6ccc(C(C)(C)C)cc6)o5)cc4)cc(OCc4ccc(-c5nnc(-c6ccc(C(C)(C)C)cc6)o5)cc4)c3)c1)C2=O. The third kappa shape index (κ3) is 20.4. The molecule has 0 bridgehead atoms. The zero-order valence-electron chi connectivity index (χ0n) is 78.0. The number of imide groups is 1. The second kappa shape index (κ2) is 37.4. The number of esters is 2. The predicted molar refractivity (Wildman–Crippen MR) is 520 cm³/mol. The molecule has 0 radical (unpaired) electrons. The highest BCUT2D eigenvalue weighted by Gasteiger charge is 2.37. The zero-order valence-corrected chi connectivity index (χ0v) is 78.0. The summed E-state index contributed by atoms with van der Waals surface area (Å²) in [5.41, 5.74) is 15.6. The van der Waals surface area contributed by atoms with E-state index in [2.05, 4.69) is 172 Å². The first-order chi connectivity index (χ1) is 65.3. The second-order valence-electron chi connectivity index (χ2n) is 38.1. The first kappa shape index (κ1) is 90.3. The molecule has 24 heteroatoms. The molecule has 0 aliphatic carbocycles. The smallest absolute Gasteiger partial charge is 0.338 e. The molecule has 1 aliphatic rings. The number of amides is 2. The largest absolute Gasteiger partial charge is 0.489 e. The fourth-order valence-corrected chi connectivity index (χ4v) is 15.8. The Kier molecular flexibility index (Phi) is 24.9. The number of anilines is 2. The standard InChI is InChI=1S/C112H100N10O14/c1-109(2,3)83-42-34-77(35-43-83)101-117-113-97(133-101)73-26-18-67(19-27-73)61-127-88-52-71(53-89(59-88)128-62-68-20-28-74(29-21-68)98-114-118-102(134-98)78-36-44-84(45-37-78)110(4,5)6)65-131-107(125)81-56-82(58-87(57-81)122-105(123)93-17-15-16-92-95(121(13)14)51-50-94(96(92)93)106(122)124)108(126)132-66-72-54-90(129-63-69-22-30-75(31-23-69)99-115-119-103(135-99)79-38-46-85(47-39-79)111(7,8)9)60-91(55-72)130-64-70-24-32-76(33-25-70)100-116-120-104(136-100)80-40-48-86(49-41-80)112(10,11)12/h15-60H,61-66H2,1-14H3. The van der Waals surface area contributed by atoms with E-state index in [0.717, 1.165) is 55.1 Å². The van der Waals surface area contributed by atoms with Crippen molar-refractivity contribution in [2.24, 2.45) is 0 Å². The normalized spacial score (nSPS) is 12.3. The third-order valence-corrected chi connectivity index (χ3v) is 23.8. The first-order valence-electron chi connectivity index (χ1n) is 44.8. The number of carbonyl (C=O) groups excluding carboxylic acids is 4. The quantitative estimate of drug-likeness (QED) is 0.0325. The van der Waals surface area contributed by atoms with E-state index < -0.39 is 23.8 Å². The minimum absolute atomic E-state index is 0.0201. The van der Waals surface area contributed by atoms with Crippen LogP contribution in [0.15, 0.2) is 297 Å². The van der Waals surface area contributed by atoms with Gasteiger partial charge in [0.15, 0.2) is 0 Å². The van der Waals surface area contributed by atoms with E-state index >= 15 is 19.2 Å². The maximum Gasteiger partial charge on any atom is 0.338 e. The molecule has 4 aromatic heterocycles. The number of rotatable bonds is 28. The zero-order chi connectivity index (χ0) is 94.9. The third-order valence-electron chi connectivity index (χ3n) is 23.8. The Morgan fingerprint density at radius 3 is 0.809 bits per heavy atom. The van der Waals surface area contributed by atoms with Crippen molar-refractivity contribution in [3.05, 3.63) is 357 Å². The van der Waals surface area contributed by atoms with Crippen molar-refractivity contribution in [2.45, 2.75) is 144 Å². The second-order valence-corrected chi connectivity index (χ2v) is 38.1. The molecule has 0 N–H and O–H groups in total. The number of ether oxygens (including phenoxy) is 6. The lowest BCUT2D eigenvalue weighted by atomic mass is 9.87. The van der Waals surface area contributed by atoms with Gasteiger partial charge in [0.25, 0.3) is 11.8 Å². The molecule has 2 amide bonds. The molecule has 0 atom stereocenters. The summed E-state index contributed by atoms with van der Waals surface area (Å²) in [5, 5.41) is 36.1. The highest BCUT2D eigenvalue weighted by molar-refractivity contribution is 6.36. The van der Waals surface area contributed by atoms with Gasteiger partial charge < -0.3 is 51.0 Å². The Balaban J connectivity index is 0.617. The Labute approximate surface area is 787 Å². The summed E-state index contributed by atoms with van der Waals surface area (Å²) in [4.78, 5) is 63.4.